The molecule has 0 bridgehead atoms. The van der Waals surface area contributed by atoms with Crippen LogP contribution in [0.25, 0.3) is 27.9 Å². The minimum absolute atomic E-state index is 0.0710. The number of aryl methyl sites for hydroxylation is 1. The Labute approximate surface area is 334 Å². The highest BCUT2D eigenvalue weighted by Gasteiger charge is 2.36. The molecule has 4 aliphatic heterocycles. The zero-order valence-electron chi connectivity index (χ0n) is 31.7. The third-order valence-electron chi connectivity index (χ3n) is 12.1. The molecule has 0 fully saturated rings. The molecule has 11 rings (SSSR count). The lowest BCUT2D eigenvalue weighted by Gasteiger charge is -2.36. The highest BCUT2D eigenvalue weighted by molar-refractivity contribution is 5.94. The van der Waals surface area contributed by atoms with Crippen LogP contribution >= 0.6 is 0 Å². The number of H-pyrrole nitrogens is 2. The maximum Gasteiger partial charge on any atom is 0.247 e. The Kier molecular flexibility index (Phi) is 8.23. The van der Waals surface area contributed by atoms with Gasteiger partial charge in [-0.05, 0) is 95.1 Å². The van der Waals surface area contributed by atoms with Crippen LogP contribution < -0.4 is 18.9 Å². The molecule has 0 saturated carbocycles. The number of nitrogens with zero attached hydrogens (tertiary/aromatic N) is 2. The minimum atomic E-state index is -0.310. The zero-order valence-corrected chi connectivity index (χ0v) is 31.7. The molecule has 2 N–H and O–H groups in total. The van der Waals surface area contributed by atoms with Crippen LogP contribution in [0.15, 0.2) is 115 Å². The summed E-state index contributed by atoms with van der Waals surface area (Å²) in [6.07, 6.45) is 6.04. The van der Waals surface area contributed by atoms with Crippen molar-refractivity contribution in [1.82, 2.24) is 19.8 Å². The van der Waals surface area contributed by atoms with Crippen LogP contribution in [0.1, 0.15) is 63.3 Å². The fourth-order valence-corrected chi connectivity index (χ4v) is 9.30. The second-order valence-electron chi connectivity index (χ2n) is 15.3. The first-order valence-corrected chi connectivity index (χ1v) is 19.9. The largest absolute Gasteiger partial charge is 0.454 e. The van der Waals surface area contributed by atoms with Crippen molar-refractivity contribution >= 4 is 39.7 Å². The van der Waals surface area contributed by atoms with Gasteiger partial charge in [0, 0.05) is 58.8 Å². The summed E-state index contributed by atoms with van der Waals surface area (Å²) in [5, 5.41) is 2.39. The van der Waals surface area contributed by atoms with Crippen LogP contribution in [0.3, 0.4) is 0 Å². The number of ether oxygens (including phenoxy) is 4. The van der Waals surface area contributed by atoms with Crippen LogP contribution in [0.4, 0.5) is 0 Å². The van der Waals surface area contributed by atoms with Gasteiger partial charge in [0.05, 0.1) is 12.1 Å². The quantitative estimate of drug-likeness (QED) is 0.158. The van der Waals surface area contributed by atoms with Gasteiger partial charge in [-0.15, -0.1) is 0 Å². The van der Waals surface area contributed by atoms with E-state index in [4.69, 9.17) is 18.9 Å². The molecule has 10 nitrogen and oxygen atoms in total. The van der Waals surface area contributed by atoms with Gasteiger partial charge < -0.3 is 38.7 Å². The molecule has 2 amide bonds. The Bertz CT molecular complexity index is 2780. The van der Waals surface area contributed by atoms with E-state index in [1.54, 1.807) is 6.08 Å². The first-order chi connectivity index (χ1) is 28.6. The van der Waals surface area contributed by atoms with Crippen molar-refractivity contribution in [2.75, 3.05) is 26.7 Å². The monoisotopic (exact) mass is 768 g/mol. The van der Waals surface area contributed by atoms with Gasteiger partial charge in [0.1, 0.15) is 0 Å². The molecule has 10 heteroatoms. The molecule has 58 heavy (non-hydrogen) atoms. The van der Waals surface area contributed by atoms with Gasteiger partial charge in [-0.25, -0.2) is 0 Å². The maximum atomic E-state index is 14.1. The topological polar surface area (TPSA) is 109 Å². The molecule has 2 unspecified atom stereocenters. The number of benzene rings is 5. The van der Waals surface area contributed by atoms with E-state index in [2.05, 4.69) is 46.4 Å². The molecule has 6 heterocycles. The molecule has 0 spiro atoms. The second-order valence-corrected chi connectivity index (χ2v) is 15.3. The van der Waals surface area contributed by atoms with E-state index in [1.807, 2.05) is 88.7 Å². The number of hydrogen-bond acceptors (Lipinski definition) is 6. The van der Waals surface area contributed by atoms with E-state index < -0.39 is 0 Å². The summed E-state index contributed by atoms with van der Waals surface area (Å²) in [5.41, 5.74) is 10.7. The van der Waals surface area contributed by atoms with Gasteiger partial charge in [-0.3, -0.25) is 9.59 Å². The summed E-state index contributed by atoms with van der Waals surface area (Å²) >= 11 is 0. The Hall–Kier alpha value is -6.94. The number of hydrogen-bond donors (Lipinski definition) is 2. The third kappa shape index (κ3) is 5.86. The van der Waals surface area contributed by atoms with E-state index in [0.717, 1.165) is 63.3 Å². The van der Waals surface area contributed by atoms with Crippen molar-refractivity contribution in [2.45, 2.75) is 37.8 Å². The molecule has 2 aromatic heterocycles. The van der Waals surface area contributed by atoms with Crippen LogP contribution in [0, 0.1) is 0 Å². The number of nitrogens with one attached hydrogen (secondary N) is 2. The molecule has 0 saturated heterocycles. The summed E-state index contributed by atoms with van der Waals surface area (Å²) < 4.78 is 22.6. The van der Waals surface area contributed by atoms with E-state index in [9.17, 15) is 9.59 Å². The predicted molar refractivity (Wildman–Crippen MR) is 220 cm³/mol. The normalized spacial score (nSPS) is 17.9. The summed E-state index contributed by atoms with van der Waals surface area (Å²) in [6.45, 7) is 1.59. The Morgan fingerprint density at radius 2 is 1.16 bits per heavy atom. The average molecular weight is 769 g/mol. The van der Waals surface area contributed by atoms with E-state index in [1.165, 1.54) is 21.9 Å². The van der Waals surface area contributed by atoms with Gasteiger partial charge in [0.25, 0.3) is 0 Å². The number of aromatic nitrogens is 2. The molecule has 288 valence electrons. The van der Waals surface area contributed by atoms with Gasteiger partial charge in [0.2, 0.25) is 25.4 Å². The molecule has 0 radical (unpaired) electrons. The Balaban J connectivity index is 0.803. The smallest absolute Gasteiger partial charge is 0.247 e. The van der Waals surface area contributed by atoms with Crippen molar-refractivity contribution in [3.8, 4) is 23.0 Å². The minimum Gasteiger partial charge on any atom is -0.454 e. The molecule has 7 aromatic rings. The van der Waals surface area contributed by atoms with Crippen molar-refractivity contribution < 1.29 is 28.5 Å². The molecule has 2 atom stereocenters. The number of aromatic amines is 2. The molecular weight excluding hydrogens is 729 g/mol. The van der Waals surface area contributed by atoms with Crippen LogP contribution in [0.5, 0.6) is 23.0 Å². The molecule has 4 aliphatic rings. The number of fused-ring (bicyclic) bond motifs is 8. The summed E-state index contributed by atoms with van der Waals surface area (Å²) in [7, 11) is 0. The van der Waals surface area contributed by atoms with Gasteiger partial charge in [-0.2, -0.15) is 0 Å². The fourth-order valence-electron chi connectivity index (χ4n) is 9.30. The number of rotatable bonds is 7. The molecule has 5 aromatic carbocycles. The number of carbonyl (C=O) groups is 2. The third-order valence-corrected chi connectivity index (χ3v) is 12.1. The second kappa shape index (κ2) is 13.9. The molecule has 0 aliphatic carbocycles. The lowest BCUT2D eigenvalue weighted by Crippen LogP contribution is -2.40. The standard InChI is InChI=1S/C48H40N4O6/c53-43(51-23-21-35-33-5-1-3-7-37(33)49-45(35)47(51)31-15-17-39-41(25-31)57-27-55-39)19-13-29-9-11-30(12-10-29)14-20-44(54)52-24-22-36-34-6-2-4-8-38(34)50-46(36)48(52)32-16-18-40-42(26-32)58-28-56-40/h1-13,15-19,25-26,47-50H,14,20-24,27-28H2/b19-13+. The van der Waals surface area contributed by atoms with Crippen molar-refractivity contribution in [3.63, 3.8) is 0 Å². The van der Waals surface area contributed by atoms with Gasteiger partial charge in [0.15, 0.2) is 23.0 Å². The Morgan fingerprint density at radius 3 is 1.76 bits per heavy atom. The highest BCUT2D eigenvalue weighted by atomic mass is 16.7. The number of para-hydroxylation sites is 2. The Morgan fingerprint density at radius 1 is 0.621 bits per heavy atom. The maximum absolute atomic E-state index is 14.1. The average Bonchev–Trinajstić information content (AvgIpc) is 4.08. The van der Waals surface area contributed by atoms with Crippen molar-refractivity contribution in [3.05, 3.63) is 160 Å². The van der Waals surface area contributed by atoms with E-state index >= 15 is 0 Å². The summed E-state index contributed by atoms with van der Waals surface area (Å²) in [4.78, 5) is 39.4. The summed E-state index contributed by atoms with van der Waals surface area (Å²) in [5.74, 6) is 2.85. The summed E-state index contributed by atoms with van der Waals surface area (Å²) in [6, 6.07) is 36.1. The van der Waals surface area contributed by atoms with E-state index in [-0.39, 0.29) is 37.5 Å². The number of carbonyl (C=O) groups excluding carboxylic acids is 2. The number of amides is 2. The first kappa shape index (κ1) is 34.3. The lowest BCUT2D eigenvalue weighted by molar-refractivity contribution is -0.133. The van der Waals surface area contributed by atoms with Crippen molar-refractivity contribution in [1.29, 1.82) is 0 Å². The predicted octanol–water partition coefficient (Wildman–Crippen LogP) is 8.40. The molecular formula is C48H40N4O6. The SMILES string of the molecule is O=C(/C=C/c1ccc(CCC(=O)N2CCc3c([nH]c4ccccc34)C2c2ccc3c(c2)OCO3)cc1)N1CCc2c([nH]c3ccccc23)C1c1ccc2c(c1)OCO2. The first-order valence-electron chi connectivity index (χ1n) is 19.9. The fraction of sp³-hybridized carbons (Fsp3) is 0.208. The van der Waals surface area contributed by atoms with E-state index in [0.29, 0.717) is 43.2 Å². The van der Waals surface area contributed by atoms with Crippen LogP contribution in [-0.4, -0.2) is 58.3 Å². The van der Waals surface area contributed by atoms with Crippen molar-refractivity contribution in [2.24, 2.45) is 0 Å². The lowest BCUT2D eigenvalue weighted by atomic mass is 9.91. The van der Waals surface area contributed by atoms with Gasteiger partial charge >= 0.3 is 0 Å². The zero-order chi connectivity index (χ0) is 38.7. The van der Waals surface area contributed by atoms with Gasteiger partial charge in [-0.1, -0.05) is 72.8 Å². The van der Waals surface area contributed by atoms with Crippen LogP contribution in [0.2, 0.25) is 0 Å². The van der Waals surface area contributed by atoms with Crippen LogP contribution in [-0.2, 0) is 28.9 Å². The highest BCUT2D eigenvalue weighted by Crippen LogP contribution is 2.44.